The van der Waals surface area contributed by atoms with Crippen LogP contribution in [0, 0.1) is 27.4 Å². The minimum absolute atomic E-state index is 0.0237. The van der Waals surface area contributed by atoms with Gasteiger partial charge in [-0.1, -0.05) is 12.1 Å². The Kier molecular flexibility index (Phi) is 4.83. The number of nitrogens with one attached hydrogen (secondary N) is 1. The first-order valence-corrected chi connectivity index (χ1v) is 5.25. The highest BCUT2D eigenvalue weighted by Gasteiger charge is 2.39. The van der Waals surface area contributed by atoms with Crippen molar-refractivity contribution >= 4 is 5.69 Å². The van der Waals surface area contributed by atoms with Gasteiger partial charge in [0.05, 0.1) is 11.0 Å². The summed E-state index contributed by atoms with van der Waals surface area (Å²) in [4.78, 5) is 9.92. The summed E-state index contributed by atoms with van der Waals surface area (Å²) in [6.07, 6.45) is -4.58. The summed E-state index contributed by atoms with van der Waals surface area (Å²) in [5.41, 5.74) is 0.347. The van der Waals surface area contributed by atoms with Gasteiger partial charge in [0.15, 0.2) is 5.92 Å². The van der Waals surface area contributed by atoms with Crippen molar-refractivity contribution in [2.24, 2.45) is 5.92 Å². The van der Waals surface area contributed by atoms with Gasteiger partial charge >= 0.3 is 6.18 Å². The molecule has 1 unspecified atom stereocenters. The summed E-state index contributed by atoms with van der Waals surface area (Å²) in [5, 5.41) is 21.3. The van der Waals surface area contributed by atoms with E-state index in [1.807, 2.05) is 0 Å². The highest BCUT2D eigenvalue weighted by atomic mass is 19.4. The molecule has 0 saturated heterocycles. The summed E-state index contributed by atoms with van der Waals surface area (Å²) >= 11 is 0. The van der Waals surface area contributed by atoms with Crippen LogP contribution in [0.2, 0.25) is 0 Å². The zero-order valence-corrected chi connectivity index (χ0v) is 9.65. The molecule has 0 bridgehead atoms. The van der Waals surface area contributed by atoms with E-state index in [2.05, 4.69) is 5.32 Å². The lowest BCUT2D eigenvalue weighted by atomic mass is 10.1. The normalized spacial score (nSPS) is 12.7. The fraction of sp³-hybridized carbons (Fsp3) is 0.364. The van der Waals surface area contributed by atoms with E-state index in [1.54, 1.807) is 6.07 Å². The smallest absolute Gasteiger partial charge is 0.311 e. The third-order valence-electron chi connectivity index (χ3n) is 2.35. The van der Waals surface area contributed by atoms with Gasteiger partial charge in [-0.25, -0.2) is 0 Å². The molecule has 0 aliphatic heterocycles. The van der Waals surface area contributed by atoms with Gasteiger partial charge in [0.2, 0.25) is 0 Å². The van der Waals surface area contributed by atoms with Crippen LogP contribution >= 0.6 is 0 Å². The molecule has 1 N–H and O–H groups in total. The molecule has 0 heterocycles. The predicted octanol–water partition coefficient (Wildman–Crippen LogP) is 2.39. The van der Waals surface area contributed by atoms with Crippen molar-refractivity contribution in [3.05, 3.63) is 39.9 Å². The molecule has 0 aliphatic rings. The Morgan fingerprint density at radius 3 is 2.68 bits per heavy atom. The first kappa shape index (κ1) is 14.9. The molecule has 0 radical (unpaired) electrons. The number of hydrogen-bond acceptors (Lipinski definition) is 4. The number of nitro benzene ring substituents is 1. The van der Waals surface area contributed by atoms with Gasteiger partial charge in [-0.2, -0.15) is 18.4 Å². The van der Waals surface area contributed by atoms with Crippen LogP contribution in [-0.2, 0) is 6.54 Å². The Balaban J connectivity index is 2.56. The molecule has 1 atom stereocenters. The van der Waals surface area contributed by atoms with Gasteiger partial charge in [-0.15, -0.1) is 0 Å². The lowest BCUT2D eigenvalue weighted by Crippen LogP contribution is -2.32. The van der Waals surface area contributed by atoms with E-state index in [9.17, 15) is 23.3 Å². The second-order valence-corrected chi connectivity index (χ2v) is 3.78. The number of nitriles is 1. The Morgan fingerprint density at radius 2 is 2.16 bits per heavy atom. The highest BCUT2D eigenvalue weighted by Crippen LogP contribution is 2.25. The highest BCUT2D eigenvalue weighted by molar-refractivity contribution is 5.34. The molecule has 1 aromatic carbocycles. The van der Waals surface area contributed by atoms with Gasteiger partial charge in [0.25, 0.3) is 5.69 Å². The van der Waals surface area contributed by atoms with Crippen LogP contribution in [0.15, 0.2) is 24.3 Å². The number of non-ortho nitro benzene ring substituents is 1. The SMILES string of the molecule is N#CC(CNCc1cccc([N+](=O)[O-])c1)C(F)(F)F. The fourth-order valence-electron chi connectivity index (χ4n) is 1.38. The summed E-state index contributed by atoms with van der Waals surface area (Å²) in [6.45, 7) is -0.529. The number of halogens is 3. The standard InChI is InChI=1S/C11H10F3N3O2/c12-11(13,14)9(5-15)7-16-6-8-2-1-3-10(4-8)17(18)19/h1-4,9,16H,6-7H2. The Bertz CT molecular complexity index is 497. The molecule has 19 heavy (non-hydrogen) atoms. The van der Waals surface area contributed by atoms with Crippen LogP contribution in [0.1, 0.15) is 5.56 Å². The van der Waals surface area contributed by atoms with Crippen molar-refractivity contribution in [3.63, 3.8) is 0 Å². The van der Waals surface area contributed by atoms with Gasteiger partial charge in [-0.3, -0.25) is 10.1 Å². The maximum absolute atomic E-state index is 12.3. The summed E-state index contributed by atoms with van der Waals surface area (Å²) < 4.78 is 36.8. The average molecular weight is 273 g/mol. The summed E-state index contributed by atoms with van der Waals surface area (Å²) in [7, 11) is 0. The van der Waals surface area contributed by atoms with Gasteiger partial charge in [-0.05, 0) is 5.56 Å². The second kappa shape index (κ2) is 6.15. The monoisotopic (exact) mass is 273 g/mol. The molecule has 0 aliphatic carbocycles. The number of nitrogens with zero attached hydrogens (tertiary/aromatic N) is 2. The molecule has 0 spiro atoms. The molecule has 1 aromatic rings. The van der Waals surface area contributed by atoms with Crippen LogP contribution in [0.5, 0.6) is 0 Å². The number of benzene rings is 1. The van der Waals surface area contributed by atoms with Gasteiger partial charge in [0.1, 0.15) is 0 Å². The Morgan fingerprint density at radius 1 is 1.47 bits per heavy atom. The molecule has 8 heteroatoms. The maximum atomic E-state index is 12.3. The van der Waals surface area contributed by atoms with Crippen LogP contribution in [0.25, 0.3) is 0 Å². The van der Waals surface area contributed by atoms with Crippen LogP contribution in [0.3, 0.4) is 0 Å². The minimum Gasteiger partial charge on any atom is -0.311 e. The van der Waals surface area contributed by atoms with Crippen molar-refractivity contribution in [1.29, 1.82) is 5.26 Å². The summed E-state index contributed by atoms with van der Waals surface area (Å²) in [5.74, 6) is -2.09. The number of hydrogen-bond donors (Lipinski definition) is 1. The first-order valence-electron chi connectivity index (χ1n) is 5.25. The van der Waals surface area contributed by atoms with E-state index >= 15 is 0 Å². The van der Waals surface area contributed by atoms with E-state index in [-0.39, 0.29) is 12.2 Å². The van der Waals surface area contributed by atoms with E-state index in [4.69, 9.17) is 5.26 Å². The molecular weight excluding hydrogens is 263 g/mol. The lowest BCUT2D eigenvalue weighted by Gasteiger charge is -2.13. The lowest BCUT2D eigenvalue weighted by molar-refractivity contribution is -0.384. The zero-order valence-electron chi connectivity index (χ0n) is 9.65. The average Bonchev–Trinajstić information content (AvgIpc) is 2.33. The molecule has 5 nitrogen and oxygen atoms in total. The van der Waals surface area contributed by atoms with Crippen LogP contribution < -0.4 is 5.32 Å². The van der Waals surface area contributed by atoms with Crippen LogP contribution in [-0.4, -0.2) is 17.6 Å². The van der Waals surface area contributed by atoms with Crippen molar-refractivity contribution in [1.82, 2.24) is 5.32 Å². The minimum atomic E-state index is -4.58. The van der Waals surface area contributed by atoms with E-state index in [0.717, 1.165) is 6.07 Å². The molecule has 0 fully saturated rings. The predicted molar refractivity (Wildman–Crippen MR) is 60.0 cm³/mol. The molecule has 0 saturated carbocycles. The van der Waals surface area contributed by atoms with E-state index < -0.39 is 23.6 Å². The second-order valence-electron chi connectivity index (χ2n) is 3.78. The molecular formula is C11H10F3N3O2. The Hall–Kier alpha value is -2.14. The molecule has 1 rings (SSSR count). The van der Waals surface area contributed by atoms with Gasteiger partial charge < -0.3 is 5.32 Å². The van der Waals surface area contributed by atoms with Crippen molar-refractivity contribution in [3.8, 4) is 6.07 Å². The number of alkyl halides is 3. The molecule has 0 amide bonds. The quantitative estimate of drug-likeness (QED) is 0.660. The largest absolute Gasteiger partial charge is 0.405 e. The molecule has 102 valence electrons. The Labute approximate surface area is 106 Å². The van der Waals surface area contributed by atoms with Crippen molar-refractivity contribution in [2.45, 2.75) is 12.7 Å². The zero-order chi connectivity index (χ0) is 14.5. The third kappa shape index (κ3) is 4.56. The molecule has 0 aromatic heterocycles. The first-order chi connectivity index (χ1) is 8.84. The number of nitro groups is 1. The van der Waals surface area contributed by atoms with Crippen molar-refractivity contribution < 1.29 is 18.1 Å². The number of rotatable bonds is 5. The topological polar surface area (TPSA) is 79.0 Å². The van der Waals surface area contributed by atoms with Crippen molar-refractivity contribution in [2.75, 3.05) is 6.54 Å². The fourth-order valence-corrected chi connectivity index (χ4v) is 1.38. The van der Waals surface area contributed by atoms with Crippen LogP contribution in [0.4, 0.5) is 18.9 Å². The van der Waals surface area contributed by atoms with E-state index in [0.29, 0.717) is 5.56 Å². The van der Waals surface area contributed by atoms with E-state index in [1.165, 1.54) is 18.2 Å². The van der Waals surface area contributed by atoms with Gasteiger partial charge in [0, 0.05) is 25.2 Å². The third-order valence-corrected chi connectivity index (χ3v) is 2.35. The maximum Gasteiger partial charge on any atom is 0.405 e. The summed E-state index contributed by atoms with van der Waals surface area (Å²) in [6, 6.07) is 6.71.